The van der Waals surface area contributed by atoms with Crippen molar-refractivity contribution >= 4 is 40.7 Å². The minimum Gasteiger partial charge on any atom is -0.355 e. The van der Waals surface area contributed by atoms with Gasteiger partial charge in [-0.05, 0) is 67.0 Å². The number of carbonyl (C=O) groups excluding carboxylic acids is 2. The number of anilines is 1. The van der Waals surface area contributed by atoms with Crippen LogP contribution in [0.5, 0.6) is 0 Å². The van der Waals surface area contributed by atoms with E-state index < -0.39 is 24.0 Å². The summed E-state index contributed by atoms with van der Waals surface area (Å²) in [5, 5.41) is 10.4. The zero-order valence-corrected chi connectivity index (χ0v) is 27.6. The Morgan fingerprint density at radius 2 is 1.95 bits per heavy atom. The Kier molecular flexibility index (Phi) is 10.3. The third-order valence-corrected chi connectivity index (χ3v) is 9.90. The van der Waals surface area contributed by atoms with Crippen molar-refractivity contribution in [3.8, 4) is 0 Å². The summed E-state index contributed by atoms with van der Waals surface area (Å²) < 4.78 is 13.0. The molecule has 4 atom stereocenters. The van der Waals surface area contributed by atoms with Gasteiger partial charge < -0.3 is 20.9 Å². The van der Waals surface area contributed by atoms with Crippen LogP contribution in [0.15, 0.2) is 53.6 Å². The molecule has 1 spiro atoms. The lowest BCUT2D eigenvalue weighted by Gasteiger charge is -2.37. The number of benzene rings is 1. The van der Waals surface area contributed by atoms with Crippen molar-refractivity contribution in [2.24, 2.45) is 11.3 Å². The second-order valence-corrected chi connectivity index (χ2v) is 14.8. The summed E-state index contributed by atoms with van der Waals surface area (Å²) in [6.07, 6.45) is 8.99. The minimum absolute atomic E-state index is 0.0563. The fourth-order valence-corrected chi connectivity index (χ4v) is 7.56. The topological polar surface area (TPSA) is 76.7 Å². The van der Waals surface area contributed by atoms with Crippen LogP contribution < -0.4 is 16.0 Å². The molecule has 3 heterocycles. The first-order valence-corrected chi connectivity index (χ1v) is 16.6. The van der Waals surface area contributed by atoms with Gasteiger partial charge in [-0.25, -0.2) is 4.39 Å². The van der Waals surface area contributed by atoms with Crippen LogP contribution in [0.4, 0.5) is 10.1 Å². The maximum absolute atomic E-state index is 14.2. The predicted octanol–water partition coefficient (Wildman–Crippen LogP) is 5.41. The van der Waals surface area contributed by atoms with Crippen LogP contribution in [0.25, 0.3) is 0 Å². The van der Waals surface area contributed by atoms with Crippen molar-refractivity contribution in [2.45, 2.75) is 70.0 Å². The number of rotatable bonds is 11. The van der Waals surface area contributed by atoms with E-state index in [0.29, 0.717) is 29.2 Å². The van der Waals surface area contributed by atoms with E-state index in [1.807, 2.05) is 6.07 Å². The minimum atomic E-state index is -1.11. The fourth-order valence-electron chi connectivity index (χ4n) is 7.31. The molecular formula is C34H46Cl2FN5O2. The number of nitrogens with zero attached hydrogens (tertiary/aromatic N) is 2. The van der Waals surface area contributed by atoms with Gasteiger partial charge in [0.25, 0.3) is 0 Å². The highest BCUT2D eigenvalue weighted by molar-refractivity contribution is 6.31. The van der Waals surface area contributed by atoms with E-state index in [1.165, 1.54) is 18.9 Å². The summed E-state index contributed by atoms with van der Waals surface area (Å²) in [7, 11) is 0. The van der Waals surface area contributed by atoms with Crippen LogP contribution in [0, 0.1) is 11.3 Å². The summed E-state index contributed by atoms with van der Waals surface area (Å²) in [5.74, 6) is -0.956. The molecule has 3 N–H and O–H groups in total. The Hall–Kier alpha value is -2.23. The summed E-state index contributed by atoms with van der Waals surface area (Å²) >= 11 is 12.2. The number of allylic oxidation sites excluding steroid dienone is 4. The second kappa shape index (κ2) is 13.6. The first-order chi connectivity index (χ1) is 20.9. The molecule has 4 aliphatic rings. The Bertz CT molecular complexity index is 1310. The van der Waals surface area contributed by atoms with Gasteiger partial charge in [0, 0.05) is 66.5 Å². The van der Waals surface area contributed by atoms with Crippen molar-refractivity contribution in [1.29, 1.82) is 0 Å². The van der Waals surface area contributed by atoms with E-state index in [-0.39, 0.29) is 28.3 Å². The number of carbonyl (C=O) groups is 2. The molecule has 7 nitrogen and oxygen atoms in total. The van der Waals surface area contributed by atoms with Crippen LogP contribution in [0.2, 0.25) is 5.02 Å². The lowest BCUT2D eigenvalue weighted by molar-refractivity contribution is -0.124. The van der Waals surface area contributed by atoms with Gasteiger partial charge in [-0.15, -0.1) is 0 Å². The average Bonchev–Trinajstić information content (AvgIpc) is 3.71. The third-order valence-electron chi connectivity index (χ3n) is 9.44. The van der Waals surface area contributed by atoms with Crippen LogP contribution in [-0.2, 0) is 15.0 Å². The first-order valence-electron chi connectivity index (χ1n) is 15.8. The van der Waals surface area contributed by atoms with E-state index in [0.717, 1.165) is 50.7 Å². The first kappa shape index (κ1) is 33.1. The number of halogens is 3. The number of nitrogens with one attached hydrogen (secondary N) is 3. The molecule has 3 fully saturated rings. The molecular weight excluding hydrogens is 600 g/mol. The maximum atomic E-state index is 14.2. The Morgan fingerprint density at radius 1 is 1.23 bits per heavy atom. The molecule has 3 aliphatic heterocycles. The molecule has 0 radical (unpaired) electrons. The lowest BCUT2D eigenvalue weighted by Crippen LogP contribution is -2.50. The molecule has 240 valence electrons. The standard InChI is InChI=1S/C34H46Cl2FN5O2/c1-22(7-5-8-24(36)21-37)29-30(31(43)38-13-6-14-41-15-17-42(18-16-41)25-10-11-25)40-28(20-33(2,3)4)34(29)26-12-9-23(35)19-27(26)39-32(34)44/h5,7-9,12,19,25,28-30,40H,1,6,10-11,13-18,20-21H2,2-4H3,(H,38,43)(H,39,44)/b7-5-,24-8+/t28-,29+,30-,34+/m1/s1. The predicted molar refractivity (Wildman–Crippen MR) is 177 cm³/mol. The van der Waals surface area contributed by atoms with Crippen molar-refractivity contribution < 1.29 is 14.0 Å². The molecule has 1 aromatic rings. The molecule has 1 aromatic carbocycles. The molecule has 2 amide bonds. The van der Waals surface area contributed by atoms with Gasteiger partial charge in [0.2, 0.25) is 11.8 Å². The molecule has 0 bridgehead atoms. The number of alkyl halides is 1. The monoisotopic (exact) mass is 645 g/mol. The normalized spacial score (nSPS) is 28.1. The van der Waals surface area contributed by atoms with Gasteiger partial charge >= 0.3 is 0 Å². The van der Waals surface area contributed by atoms with Crippen LogP contribution >= 0.6 is 23.2 Å². The Morgan fingerprint density at radius 3 is 2.61 bits per heavy atom. The van der Waals surface area contributed by atoms with Gasteiger partial charge in [0.15, 0.2) is 0 Å². The van der Waals surface area contributed by atoms with Crippen molar-refractivity contribution in [3.05, 3.63) is 64.2 Å². The van der Waals surface area contributed by atoms with Crippen LogP contribution in [0.3, 0.4) is 0 Å². The molecule has 5 rings (SSSR count). The Labute approximate surface area is 271 Å². The summed E-state index contributed by atoms with van der Waals surface area (Å²) in [6.45, 7) is 15.8. The van der Waals surface area contributed by atoms with E-state index >= 15 is 0 Å². The molecule has 10 heteroatoms. The smallest absolute Gasteiger partial charge is 0.237 e. The fraction of sp³-hybridized carbons (Fsp3) is 0.588. The van der Waals surface area contributed by atoms with Crippen molar-refractivity contribution in [1.82, 2.24) is 20.4 Å². The van der Waals surface area contributed by atoms with E-state index in [9.17, 15) is 14.0 Å². The SMILES string of the molecule is C=C(/C=C\C=C(\Cl)CF)[C@H]1[C@H](C(=O)NCCCN2CCN(C3CC3)CC2)N[C@H](CC(C)(C)C)[C@]12C(=O)Nc1cc(Cl)ccc12. The van der Waals surface area contributed by atoms with Gasteiger partial charge in [-0.3, -0.25) is 14.5 Å². The van der Waals surface area contributed by atoms with Crippen molar-refractivity contribution in [3.63, 3.8) is 0 Å². The molecule has 0 unspecified atom stereocenters. The zero-order chi connectivity index (χ0) is 31.6. The number of hydrogen-bond donors (Lipinski definition) is 3. The Balaban J connectivity index is 1.38. The number of piperazine rings is 1. The number of amides is 2. The average molecular weight is 647 g/mol. The molecule has 1 saturated carbocycles. The molecule has 0 aromatic heterocycles. The van der Waals surface area contributed by atoms with Gasteiger partial charge in [0.05, 0.1) is 6.04 Å². The van der Waals surface area contributed by atoms with E-state index in [4.69, 9.17) is 23.2 Å². The van der Waals surface area contributed by atoms with Gasteiger partial charge in [0.1, 0.15) is 12.1 Å². The molecule has 1 aliphatic carbocycles. The second-order valence-electron chi connectivity index (χ2n) is 13.9. The zero-order valence-electron chi connectivity index (χ0n) is 26.1. The highest BCUT2D eigenvalue weighted by Gasteiger charge is 2.65. The highest BCUT2D eigenvalue weighted by Crippen LogP contribution is 2.55. The third kappa shape index (κ3) is 7.10. The lowest BCUT2D eigenvalue weighted by atomic mass is 9.62. The van der Waals surface area contributed by atoms with Gasteiger partial charge in [-0.2, -0.15) is 0 Å². The quantitative estimate of drug-likeness (QED) is 0.222. The maximum Gasteiger partial charge on any atom is 0.237 e. The summed E-state index contributed by atoms with van der Waals surface area (Å²) in [6, 6.07) is 5.17. The largest absolute Gasteiger partial charge is 0.355 e. The van der Waals surface area contributed by atoms with E-state index in [2.05, 4.69) is 53.1 Å². The number of fused-ring (bicyclic) bond motifs is 2. The molecule has 2 saturated heterocycles. The number of hydrogen-bond acceptors (Lipinski definition) is 5. The van der Waals surface area contributed by atoms with E-state index in [1.54, 1.807) is 24.3 Å². The van der Waals surface area contributed by atoms with Crippen LogP contribution in [0.1, 0.15) is 52.0 Å². The van der Waals surface area contributed by atoms with Crippen LogP contribution in [-0.4, -0.2) is 85.7 Å². The van der Waals surface area contributed by atoms with Crippen molar-refractivity contribution in [2.75, 3.05) is 51.3 Å². The summed E-state index contributed by atoms with van der Waals surface area (Å²) in [4.78, 5) is 33.3. The summed E-state index contributed by atoms with van der Waals surface area (Å²) in [5.41, 5.74) is 0.777. The molecule has 44 heavy (non-hydrogen) atoms. The highest BCUT2D eigenvalue weighted by atomic mass is 35.5. The van der Waals surface area contributed by atoms with Gasteiger partial charge in [-0.1, -0.05) is 68.8 Å².